The van der Waals surface area contributed by atoms with E-state index in [9.17, 15) is 10.1 Å². The maximum Gasteiger partial charge on any atom is 0.270 e. The molecule has 0 amide bonds. The minimum atomic E-state index is -0.401. The van der Waals surface area contributed by atoms with Crippen molar-refractivity contribution in [1.82, 2.24) is 4.90 Å². The minimum Gasteiger partial charge on any atom is -0.464 e. The van der Waals surface area contributed by atoms with E-state index in [1.54, 1.807) is 30.5 Å². The topological polar surface area (TPSA) is 109 Å². The molecular weight excluding hydrogens is 404 g/mol. The first-order valence-corrected chi connectivity index (χ1v) is 10.2. The van der Waals surface area contributed by atoms with Crippen LogP contribution in [0.5, 0.6) is 0 Å². The molecule has 0 spiro atoms. The standard InChI is InChI=1S/C25H22N4O3/c1-28(10-9-26)15-20-16-32-25-13-23(19-3-2-4-21(11-19)29(30)31)22(12-24(20)25)18-7-5-17(14-27)6-8-18/h2-8,11-13,16H,9-10,15,26H2,1H3. The zero-order valence-electron chi connectivity index (χ0n) is 17.6. The van der Waals surface area contributed by atoms with Crippen LogP contribution in [0.2, 0.25) is 0 Å². The van der Waals surface area contributed by atoms with E-state index in [4.69, 9.17) is 15.4 Å². The second kappa shape index (κ2) is 9.02. The third kappa shape index (κ3) is 4.23. The Morgan fingerprint density at radius 1 is 1.09 bits per heavy atom. The molecule has 0 bridgehead atoms. The number of furan rings is 1. The van der Waals surface area contributed by atoms with E-state index in [0.717, 1.165) is 39.7 Å². The molecule has 1 aromatic heterocycles. The molecule has 0 saturated carbocycles. The van der Waals surface area contributed by atoms with E-state index in [-0.39, 0.29) is 5.69 Å². The molecule has 0 fully saturated rings. The molecule has 0 saturated heterocycles. The Balaban J connectivity index is 1.90. The molecule has 0 unspecified atom stereocenters. The van der Waals surface area contributed by atoms with Gasteiger partial charge < -0.3 is 15.1 Å². The number of rotatable bonds is 7. The van der Waals surface area contributed by atoms with Gasteiger partial charge in [0.15, 0.2) is 0 Å². The Kier molecular flexibility index (Phi) is 5.99. The lowest BCUT2D eigenvalue weighted by molar-refractivity contribution is -0.384. The number of fused-ring (bicyclic) bond motifs is 1. The lowest BCUT2D eigenvalue weighted by Crippen LogP contribution is -2.24. The molecule has 160 valence electrons. The van der Waals surface area contributed by atoms with Crippen LogP contribution in [0.4, 0.5) is 5.69 Å². The smallest absolute Gasteiger partial charge is 0.270 e. The summed E-state index contributed by atoms with van der Waals surface area (Å²) in [5.74, 6) is 0. The van der Waals surface area contributed by atoms with Gasteiger partial charge in [-0.3, -0.25) is 10.1 Å². The molecule has 1 heterocycles. The molecule has 7 nitrogen and oxygen atoms in total. The van der Waals surface area contributed by atoms with Gasteiger partial charge in [-0.05, 0) is 53.6 Å². The van der Waals surface area contributed by atoms with Gasteiger partial charge in [0.2, 0.25) is 0 Å². The highest BCUT2D eigenvalue weighted by Crippen LogP contribution is 2.38. The summed E-state index contributed by atoms with van der Waals surface area (Å²) in [6, 6.07) is 20.0. The first-order valence-electron chi connectivity index (χ1n) is 10.2. The molecule has 0 radical (unpaired) electrons. The minimum absolute atomic E-state index is 0.0249. The van der Waals surface area contributed by atoms with Crippen LogP contribution in [0.1, 0.15) is 11.1 Å². The van der Waals surface area contributed by atoms with Crippen molar-refractivity contribution >= 4 is 16.7 Å². The van der Waals surface area contributed by atoms with Crippen LogP contribution in [0.15, 0.2) is 71.3 Å². The van der Waals surface area contributed by atoms with Gasteiger partial charge in [0, 0.05) is 42.7 Å². The molecule has 0 aliphatic carbocycles. The van der Waals surface area contributed by atoms with Gasteiger partial charge in [-0.2, -0.15) is 5.26 Å². The van der Waals surface area contributed by atoms with Crippen molar-refractivity contribution in [2.75, 3.05) is 20.1 Å². The molecule has 0 aliphatic rings. The molecule has 32 heavy (non-hydrogen) atoms. The second-order valence-electron chi connectivity index (χ2n) is 7.68. The van der Waals surface area contributed by atoms with E-state index in [1.165, 1.54) is 6.07 Å². The predicted octanol–water partition coefficient (Wildman–Crippen LogP) is 4.94. The van der Waals surface area contributed by atoms with Crippen molar-refractivity contribution in [3.05, 3.63) is 88.2 Å². The quantitative estimate of drug-likeness (QED) is 0.331. The van der Waals surface area contributed by atoms with Crippen LogP contribution >= 0.6 is 0 Å². The summed E-state index contributed by atoms with van der Waals surface area (Å²) in [5, 5.41) is 21.5. The zero-order chi connectivity index (χ0) is 22.7. The maximum absolute atomic E-state index is 11.3. The number of nitrogens with two attached hydrogens (primary N) is 1. The number of nitro groups is 1. The Morgan fingerprint density at radius 2 is 1.84 bits per heavy atom. The Bertz CT molecular complexity index is 1320. The number of hydrogen-bond acceptors (Lipinski definition) is 6. The summed E-state index contributed by atoms with van der Waals surface area (Å²) < 4.78 is 5.86. The van der Waals surface area contributed by atoms with E-state index in [0.29, 0.717) is 24.2 Å². The van der Waals surface area contributed by atoms with Gasteiger partial charge in [-0.15, -0.1) is 0 Å². The zero-order valence-corrected chi connectivity index (χ0v) is 17.6. The largest absolute Gasteiger partial charge is 0.464 e. The third-order valence-electron chi connectivity index (χ3n) is 5.44. The Morgan fingerprint density at radius 3 is 2.53 bits per heavy atom. The van der Waals surface area contributed by atoms with Crippen molar-refractivity contribution in [1.29, 1.82) is 5.26 Å². The lowest BCUT2D eigenvalue weighted by atomic mass is 9.92. The summed E-state index contributed by atoms with van der Waals surface area (Å²) in [4.78, 5) is 13.0. The van der Waals surface area contributed by atoms with Gasteiger partial charge in [0.1, 0.15) is 5.58 Å². The van der Waals surface area contributed by atoms with Gasteiger partial charge in [-0.1, -0.05) is 24.3 Å². The van der Waals surface area contributed by atoms with Crippen LogP contribution in [0, 0.1) is 21.4 Å². The summed E-state index contributed by atoms with van der Waals surface area (Å²) in [6.07, 6.45) is 1.75. The molecule has 2 N–H and O–H groups in total. The fraction of sp³-hybridized carbons (Fsp3) is 0.160. The third-order valence-corrected chi connectivity index (χ3v) is 5.44. The highest BCUT2D eigenvalue weighted by molar-refractivity contribution is 5.96. The number of non-ortho nitro benzene ring substituents is 1. The van der Waals surface area contributed by atoms with E-state index in [1.807, 2.05) is 31.3 Å². The number of benzene rings is 3. The monoisotopic (exact) mass is 426 g/mol. The first-order chi connectivity index (χ1) is 15.5. The van der Waals surface area contributed by atoms with Crippen molar-refractivity contribution in [3.8, 4) is 28.3 Å². The summed E-state index contributed by atoms with van der Waals surface area (Å²) in [7, 11) is 2.00. The van der Waals surface area contributed by atoms with Crippen molar-refractivity contribution < 1.29 is 9.34 Å². The van der Waals surface area contributed by atoms with Gasteiger partial charge in [-0.25, -0.2) is 0 Å². The number of nitro benzene ring substituents is 1. The van der Waals surface area contributed by atoms with Gasteiger partial charge >= 0.3 is 0 Å². The van der Waals surface area contributed by atoms with E-state index in [2.05, 4.69) is 17.0 Å². The van der Waals surface area contributed by atoms with E-state index < -0.39 is 4.92 Å². The van der Waals surface area contributed by atoms with Crippen molar-refractivity contribution in [2.24, 2.45) is 5.73 Å². The van der Waals surface area contributed by atoms with E-state index >= 15 is 0 Å². The number of likely N-dealkylation sites (N-methyl/N-ethyl adjacent to an activating group) is 1. The van der Waals surface area contributed by atoms with Crippen LogP contribution in [-0.2, 0) is 6.54 Å². The predicted molar refractivity (Wildman–Crippen MR) is 124 cm³/mol. The van der Waals surface area contributed by atoms with Crippen LogP contribution < -0.4 is 5.73 Å². The van der Waals surface area contributed by atoms with Gasteiger partial charge in [0.05, 0.1) is 22.8 Å². The lowest BCUT2D eigenvalue weighted by Gasteiger charge is -2.15. The van der Waals surface area contributed by atoms with Crippen LogP contribution in [0.3, 0.4) is 0 Å². The number of nitriles is 1. The fourth-order valence-electron chi connectivity index (χ4n) is 3.83. The van der Waals surface area contributed by atoms with Gasteiger partial charge in [0.25, 0.3) is 5.69 Å². The highest BCUT2D eigenvalue weighted by atomic mass is 16.6. The average molecular weight is 426 g/mol. The summed E-state index contributed by atoms with van der Waals surface area (Å²) in [5.41, 5.74) is 11.4. The number of hydrogen-bond donors (Lipinski definition) is 1. The molecule has 4 aromatic rings. The molecular formula is C25H22N4O3. The maximum atomic E-state index is 11.3. The Hall–Kier alpha value is -3.99. The van der Waals surface area contributed by atoms with Crippen LogP contribution in [-0.4, -0.2) is 30.0 Å². The SMILES string of the molecule is CN(CCN)Cc1coc2cc(-c3cccc([N+](=O)[O-])c3)c(-c3ccc(C#N)cc3)cc12. The summed E-state index contributed by atoms with van der Waals surface area (Å²) in [6.45, 7) is 2.02. The molecule has 0 atom stereocenters. The molecule has 3 aromatic carbocycles. The molecule has 4 rings (SSSR count). The van der Waals surface area contributed by atoms with Crippen molar-refractivity contribution in [3.63, 3.8) is 0 Å². The first kappa shape index (κ1) is 21.2. The normalized spacial score (nSPS) is 11.1. The van der Waals surface area contributed by atoms with Crippen LogP contribution in [0.25, 0.3) is 33.2 Å². The van der Waals surface area contributed by atoms with Crippen molar-refractivity contribution in [2.45, 2.75) is 6.54 Å². The fourth-order valence-corrected chi connectivity index (χ4v) is 3.83. The highest BCUT2D eigenvalue weighted by Gasteiger charge is 2.17. The molecule has 0 aliphatic heterocycles. The molecule has 7 heteroatoms. The number of nitrogens with zero attached hydrogens (tertiary/aromatic N) is 3. The second-order valence-corrected chi connectivity index (χ2v) is 7.68. The average Bonchev–Trinajstić information content (AvgIpc) is 3.20. The summed E-state index contributed by atoms with van der Waals surface area (Å²) >= 11 is 0. The Labute approximate surface area is 185 Å².